The van der Waals surface area contributed by atoms with Gasteiger partial charge in [-0.15, -0.1) is 0 Å². The Morgan fingerprint density at radius 1 is 1.38 bits per heavy atom. The summed E-state index contributed by atoms with van der Waals surface area (Å²) in [5.41, 5.74) is 0. The molecule has 8 heavy (non-hydrogen) atoms. The largest absolute Gasteiger partial charge is 0.310 e. The van der Waals surface area contributed by atoms with E-state index in [2.05, 4.69) is 21.2 Å². The van der Waals surface area contributed by atoms with Gasteiger partial charge >= 0.3 is 0 Å². The Balaban J connectivity index is 2.11. The third kappa shape index (κ3) is 0.627. The summed E-state index contributed by atoms with van der Waals surface area (Å²) in [6.45, 7) is 0. The van der Waals surface area contributed by atoms with Crippen molar-refractivity contribution in [2.75, 3.05) is 0 Å². The summed E-state index contributed by atoms with van der Waals surface area (Å²) in [4.78, 5) is 0.779. The van der Waals surface area contributed by atoms with Crippen LogP contribution in [-0.4, -0.2) is 16.9 Å². The van der Waals surface area contributed by atoms with Crippen molar-refractivity contribution in [3.8, 4) is 0 Å². The smallest absolute Gasteiger partial charge is 0.0314 e. The molecule has 3 atom stereocenters. The van der Waals surface area contributed by atoms with Gasteiger partial charge in [0.05, 0.1) is 0 Å². The first-order chi connectivity index (χ1) is 3.86. The van der Waals surface area contributed by atoms with Crippen molar-refractivity contribution >= 4 is 15.9 Å². The first-order valence-corrected chi connectivity index (χ1v) is 4.18. The molecule has 0 amide bonds. The molecule has 46 valence electrons. The van der Waals surface area contributed by atoms with Crippen molar-refractivity contribution in [3.63, 3.8) is 0 Å². The molecule has 2 heteroatoms. The second-order valence-corrected chi connectivity index (χ2v) is 3.98. The minimum Gasteiger partial charge on any atom is -0.310 e. The van der Waals surface area contributed by atoms with E-state index in [1.165, 1.54) is 19.3 Å². The van der Waals surface area contributed by atoms with Gasteiger partial charge in [-0.2, -0.15) is 0 Å². The van der Waals surface area contributed by atoms with Crippen LogP contribution in [0.4, 0.5) is 0 Å². The molecule has 0 saturated carbocycles. The van der Waals surface area contributed by atoms with Crippen LogP contribution in [0.25, 0.3) is 0 Å². The molecular formula is C6H10BrN. The Bertz CT molecular complexity index is 103. The zero-order valence-corrected chi connectivity index (χ0v) is 6.32. The zero-order valence-electron chi connectivity index (χ0n) is 4.73. The fourth-order valence-corrected chi connectivity index (χ4v) is 2.63. The summed E-state index contributed by atoms with van der Waals surface area (Å²) >= 11 is 3.63. The van der Waals surface area contributed by atoms with Crippen molar-refractivity contribution in [2.45, 2.75) is 36.2 Å². The van der Waals surface area contributed by atoms with Crippen molar-refractivity contribution in [3.05, 3.63) is 0 Å². The lowest BCUT2D eigenvalue weighted by Gasteiger charge is -2.11. The first-order valence-electron chi connectivity index (χ1n) is 3.26. The van der Waals surface area contributed by atoms with E-state index in [1.807, 2.05) is 0 Å². The molecule has 0 unspecified atom stereocenters. The Morgan fingerprint density at radius 2 is 2.25 bits per heavy atom. The highest BCUT2D eigenvalue weighted by Crippen LogP contribution is 2.32. The minimum absolute atomic E-state index is 0.779. The fraction of sp³-hybridized carbons (Fsp3) is 1.00. The van der Waals surface area contributed by atoms with E-state index in [0.717, 1.165) is 16.9 Å². The second-order valence-electron chi connectivity index (χ2n) is 2.80. The maximum absolute atomic E-state index is 3.63. The normalized spacial score (nSPS) is 52.9. The van der Waals surface area contributed by atoms with Crippen molar-refractivity contribution in [2.24, 2.45) is 0 Å². The predicted octanol–water partition coefficient (Wildman–Crippen LogP) is 1.27. The van der Waals surface area contributed by atoms with Gasteiger partial charge in [-0.05, 0) is 19.3 Å². The fourth-order valence-electron chi connectivity index (χ4n) is 1.76. The molecule has 2 rings (SSSR count). The lowest BCUT2D eigenvalue weighted by molar-refractivity contribution is 0.594. The number of halogens is 1. The molecule has 1 nitrogen and oxygen atoms in total. The third-order valence-electron chi connectivity index (χ3n) is 2.22. The first kappa shape index (κ1) is 5.24. The molecule has 1 N–H and O–H groups in total. The molecule has 0 spiro atoms. The van der Waals surface area contributed by atoms with Crippen molar-refractivity contribution in [1.82, 2.24) is 5.32 Å². The lowest BCUT2D eigenvalue weighted by atomic mass is 10.0. The average molecular weight is 176 g/mol. The Hall–Kier alpha value is 0.440. The van der Waals surface area contributed by atoms with E-state index in [-0.39, 0.29) is 0 Å². The van der Waals surface area contributed by atoms with Gasteiger partial charge in [0.15, 0.2) is 0 Å². The molecule has 2 fully saturated rings. The van der Waals surface area contributed by atoms with E-state index in [1.54, 1.807) is 0 Å². The molecule has 2 aliphatic rings. The van der Waals surface area contributed by atoms with Crippen LogP contribution in [0.15, 0.2) is 0 Å². The van der Waals surface area contributed by atoms with E-state index in [9.17, 15) is 0 Å². The predicted molar refractivity (Wildman–Crippen MR) is 37.3 cm³/mol. The number of hydrogen-bond acceptors (Lipinski definition) is 1. The quantitative estimate of drug-likeness (QED) is 0.548. The van der Waals surface area contributed by atoms with Crippen molar-refractivity contribution in [1.29, 1.82) is 0 Å². The van der Waals surface area contributed by atoms with Gasteiger partial charge in [-0.25, -0.2) is 0 Å². The maximum Gasteiger partial charge on any atom is 0.0314 e. The Labute approximate surface area is 58.0 Å². The van der Waals surface area contributed by atoms with Crippen LogP contribution in [0.1, 0.15) is 19.3 Å². The van der Waals surface area contributed by atoms with Gasteiger partial charge in [-0.3, -0.25) is 0 Å². The SMILES string of the molecule is Br[C@H]1C[C@@H]2CC[C@H]1N2. The number of rotatable bonds is 0. The number of fused-ring (bicyclic) bond motifs is 2. The molecule has 0 radical (unpaired) electrons. The molecule has 2 heterocycles. The minimum atomic E-state index is 0.779. The van der Waals surface area contributed by atoms with Gasteiger partial charge in [0.1, 0.15) is 0 Å². The highest BCUT2D eigenvalue weighted by molar-refractivity contribution is 9.09. The Morgan fingerprint density at radius 3 is 2.50 bits per heavy atom. The molecule has 0 aromatic carbocycles. The standard InChI is InChI=1S/C6H10BrN/c7-5-3-4-1-2-6(5)8-4/h4-6,8H,1-3H2/t4-,5-,6+/m0/s1. The highest BCUT2D eigenvalue weighted by atomic mass is 79.9. The van der Waals surface area contributed by atoms with E-state index < -0.39 is 0 Å². The van der Waals surface area contributed by atoms with Crippen LogP contribution in [0.3, 0.4) is 0 Å². The van der Waals surface area contributed by atoms with Crippen LogP contribution in [0.2, 0.25) is 0 Å². The topological polar surface area (TPSA) is 12.0 Å². The summed E-state index contributed by atoms with van der Waals surface area (Å²) in [5, 5.41) is 3.53. The van der Waals surface area contributed by atoms with Crippen LogP contribution < -0.4 is 5.32 Å². The molecule has 0 aliphatic carbocycles. The molecule has 2 bridgehead atoms. The molecular weight excluding hydrogens is 166 g/mol. The molecule has 0 aromatic rings. The Kier molecular flexibility index (Phi) is 1.12. The third-order valence-corrected chi connectivity index (χ3v) is 3.23. The van der Waals surface area contributed by atoms with E-state index >= 15 is 0 Å². The van der Waals surface area contributed by atoms with Crippen LogP contribution in [0, 0.1) is 0 Å². The van der Waals surface area contributed by atoms with E-state index in [0.29, 0.717) is 0 Å². The van der Waals surface area contributed by atoms with Gasteiger partial charge in [0.25, 0.3) is 0 Å². The summed E-state index contributed by atoms with van der Waals surface area (Å²) < 4.78 is 0. The van der Waals surface area contributed by atoms with Gasteiger partial charge < -0.3 is 5.32 Å². The van der Waals surface area contributed by atoms with Crippen molar-refractivity contribution < 1.29 is 0 Å². The van der Waals surface area contributed by atoms with E-state index in [4.69, 9.17) is 0 Å². The monoisotopic (exact) mass is 175 g/mol. The maximum atomic E-state index is 3.63. The second kappa shape index (κ2) is 1.71. The summed E-state index contributed by atoms with van der Waals surface area (Å²) in [6.07, 6.45) is 4.15. The highest BCUT2D eigenvalue weighted by Gasteiger charge is 2.37. The van der Waals surface area contributed by atoms with Gasteiger partial charge in [0, 0.05) is 16.9 Å². The number of alkyl halides is 1. The molecule has 2 aliphatic heterocycles. The lowest BCUT2D eigenvalue weighted by Crippen LogP contribution is -2.22. The summed E-state index contributed by atoms with van der Waals surface area (Å²) in [7, 11) is 0. The summed E-state index contributed by atoms with van der Waals surface area (Å²) in [5.74, 6) is 0. The van der Waals surface area contributed by atoms with Gasteiger partial charge in [0.2, 0.25) is 0 Å². The number of hydrogen-bond donors (Lipinski definition) is 1. The van der Waals surface area contributed by atoms with Crippen LogP contribution >= 0.6 is 15.9 Å². The van der Waals surface area contributed by atoms with Gasteiger partial charge in [-0.1, -0.05) is 15.9 Å². The molecule has 2 saturated heterocycles. The average Bonchev–Trinajstić information content (AvgIpc) is 2.23. The summed E-state index contributed by atoms with van der Waals surface area (Å²) in [6, 6.07) is 1.66. The zero-order chi connectivity index (χ0) is 5.56. The number of nitrogens with one attached hydrogen (secondary N) is 1. The molecule has 0 aromatic heterocycles. The van der Waals surface area contributed by atoms with Crippen LogP contribution in [-0.2, 0) is 0 Å². The van der Waals surface area contributed by atoms with Crippen LogP contribution in [0.5, 0.6) is 0 Å².